The van der Waals surface area contributed by atoms with Gasteiger partial charge in [-0.3, -0.25) is 28.7 Å². The van der Waals surface area contributed by atoms with E-state index in [0.29, 0.717) is 30.6 Å². The van der Waals surface area contributed by atoms with Gasteiger partial charge in [0.1, 0.15) is 11.9 Å². The Morgan fingerprint density at radius 3 is 2.31 bits per heavy atom. The quantitative estimate of drug-likeness (QED) is 0.0449. The van der Waals surface area contributed by atoms with E-state index in [1.807, 2.05) is 6.92 Å². The Morgan fingerprint density at radius 1 is 0.927 bits per heavy atom. The van der Waals surface area contributed by atoms with Gasteiger partial charge in [-0.1, -0.05) is 73.5 Å². The zero-order valence-corrected chi connectivity index (χ0v) is 32.8. The van der Waals surface area contributed by atoms with Crippen molar-refractivity contribution in [2.24, 2.45) is 5.11 Å². The summed E-state index contributed by atoms with van der Waals surface area (Å²) in [6.07, 6.45) is 8.78. The summed E-state index contributed by atoms with van der Waals surface area (Å²) < 4.78 is 12.9. The molecule has 15 heteroatoms. The molecule has 0 radical (unpaired) electrons. The Hall–Kier alpha value is -4.98. The Bertz CT molecular complexity index is 1990. The van der Waals surface area contributed by atoms with Gasteiger partial charge in [0.15, 0.2) is 0 Å². The number of aromatic amines is 2. The molecule has 4 N–H and O–H groups in total. The maximum atomic E-state index is 13.0. The maximum absolute atomic E-state index is 13.0. The van der Waals surface area contributed by atoms with Crippen molar-refractivity contribution in [2.45, 2.75) is 130 Å². The lowest BCUT2D eigenvalue weighted by Gasteiger charge is -2.17. The lowest BCUT2D eigenvalue weighted by Crippen LogP contribution is -2.33. The minimum atomic E-state index is -0.720. The predicted octanol–water partition coefficient (Wildman–Crippen LogP) is 5.86. The summed E-state index contributed by atoms with van der Waals surface area (Å²) >= 11 is 0. The number of benzene rings is 1. The van der Waals surface area contributed by atoms with E-state index in [1.54, 1.807) is 6.92 Å². The van der Waals surface area contributed by atoms with Gasteiger partial charge in [-0.2, -0.15) is 0 Å². The van der Waals surface area contributed by atoms with Crippen molar-refractivity contribution < 1.29 is 19.1 Å². The second-order valence-electron chi connectivity index (χ2n) is 14.5. The minimum absolute atomic E-state index is 0.0801. The number of carbonyl (C=O) groups excluding carboxylic acids is 2. The van der Waals surface area contributed by atoms with E-state index in [0.717, 1.165) is 73.8 Å². The van der Waals surface area contributed by atoms with Crippen LogP contribution in [-0.2, 0) is 31.9 Å². The Balaban J connectivity index is 1.07. The molecule has 0 spiro atoms. The number of pyridine rings is 1. The number of nitrogens with one attached hydrogen (secondary N) is 4. The first-order valence-corrected chi connectivity index (χ1v) is 19.4. The van der Waals surface area contributed by atoms with E-state index in [2.05, 4.69) is 69.6 Å². The van der Waals surface area contributed by atoms with Crippen molar-refractivity contribution in [1.29, 1.82) is 0 Å². The fourth-order valence-electron chi connectivity index (χ4n) is 7.20. The number of aromatic nitrogens is 3. The molecule has 1 aliphatic heterocycles. The first-order valence-electron chi connectivity index (χ1n) is 19.4. The largest absolute Gasteiger partial charge is 0.378 e. The molecule has 1 aromatic carbocycles. The van der Waals surface area contributed by atoms with Crippen molar-refractivity contribution in [2.75, 3.05) is 25.1 Å². The molecule has 4 rings (SSSR count). The Labute approximate surface area is 321 Å². The number of azide groups is 1. The van der Waals surface area contributed by atoms with Crippen LogP contribution >= 0.6 is 0 Å². The summed E-state index contributed by atoms with van der Waals surface area (Å²) in [5.74, 6) is -0.269. The van der Waals surface area contributed by atoms with E-state index < -0.39 is 29.6 Å². The summed E-state index contributed by atoms with van der Waals surface area (Å²) in [5, 5.41) is 9.64. The fourth-order valence-corrected chi connectivity index (χ4v) is 7.20. The molecule has 15 nitrogen and oxygen atoms in total. The lowest BCUT2D eigenvalue weighted by atomic mass is 9.94. The maximum Gasteiger partial charge on any atom is 0.330 e. The van der Waals surface area contributed by atoms with Crippen LogP contribution in [0.2, 0.25) is 0 Å². The molecule has 0 bridgehead atoms. The minimum Gasteiger partial charge on any atom is -0.378 e. The molecular formula is C40H56N8O7. The topological polar surface area (TPSA) is 213 Å². The third-order valence-electron chi connectivity index (χ3n) is 9.95. The van der Waals surface area contributed by atoms with Crippen molar-refractivity contribution in [3.63, 3.8) is 0 Å². The smallest absolute Gasteiger partial charge is 0.330 e. The highest BCUT2D eigenvalue weighted by Crippen LogP contribution is 2.30. The molecule has 2 aromatic heterocycles. The Morgan fingerprint density at radius 2 is 1.62 bits per heavy atom. The molecule has 2 amide bonds. The number of ether oxygens (including phenoxy) is 2. The monoisotopic (exact) mass is 760 g/mol. The van der Waals surface area contributed by atoms with E-state index >= 15 is 0 Å². The number of aryl methyl sites for hydroxylation is 4. The van der Waals surface area contributed by atoms with Crippen LogP contribution in [0.5, 0.6) is 0 Å². The van der Waals surface area contributed by atoms with E-state index in [4.69, 9.17) is 15.0 Å². The van der Waals surface area contributed by atoms with Gasteiger partial charge in [0.05, 0.1) is 25.4 Å². The van der Waals surface area contributed by atoms with Gasteiger partial charge >= 0.3 is 5.69 Å². The van der Waals surface area contributed by atoms with Crippen molar-refractivity contribution >= 4 is 17.5 Å². The molecule has 3 aromatic rings. The highest BCUT2D eigenvalue weighted by Gasteiger charge is 2.36. The molecule has 3 unspecified atom stereocenters. The highest BCUT2D eigenvalue weighted by molar-refractivity contribution is 5.91. The second kappa shape index (κ2) is 21.2. The van der Waals surface area contributed by atoms with Crippen LogP contribution in [0, 0.1) is 27.7 Å². The highest BCUT2D eigenvalue weighted by atomic mass is 16.6. The van der Waals surface area contributed by atoms with E-state index in [9.17, 15) is 24.0 Å². The lowest BCUT2D eigenvalue weighted by molar-refractivity contribution is -0.122. The zero-order valence-electron chi connectivity index (χ0n) is 32.8. The average molecular weight is 761 g/mol. The van der Waals surface area contributed by atoms with Gasteiger partial charge in [-0.05, 0) is 69.2 Å². The summed E-state index contributed by atoms with van der Waals surface area (Å²) in [7, 11) is 0. The van der Waals surface area contributed by atoms with Gasteiger partial charge in [0.2, 0.25) is 11.8 Å². The molecule has 0 saturated carbocycles. The van der Waals surface area contributed by atoms with Crippen molar-refractivity contribution in [1.82, 2.24) is 19.9 Å². The first kappa shape index (κ1) is 42.8. The number of hydrogen-bond acceptors (Lipinski definition) is 8. The van der Waals surface area contributed by atoms with E-state index in [1.165, 1.54) is 21.9 Å². The third-order valence-corrected chi connectivity index (χ3v) is 9.95. The van der Waals surface area contributed by atoms with Crippen molar-refractivity contribution in [3.8, 4) is 0 Å². The molecule has 298 valence electrons. The predicted molar refractivity (Wildman–Crippen MR) is 211 cm³/mol. The standard InChI is InChI=1S/C40H56N8O7/c1-6-30-28(5)43-39(52)37(31(30)21-29-19-25(2)18-26(3)20-29)44-35(50)14-12-10-8-7-9-11-13-16-42-34(49)15-17-54-24-33-32(46-47-41)22-36(55-33)48-23-27(4)38(51)45-40(48)53/h18-20,23,32-33,36H,6-17,21-22,24H2,1-5H3,(H,42,49)(H,43,52)(H,44,50)(H,45,51,53). The number of nitrogens with zero attached hydrogens (tertiary/aromatic N) is 4. The molecule has 0 aliphatic carbocycles. The first-order chi connectivity index (χ1) is 26.4. The molecular weight excluding hydrogens is 704 g/mol. The van der Waals surface area contributed by atoms with Crippen molar-refractivity contribution in [3.05, 3.63) is 105 Å². The summed E-state index contributed by atoms with van der Waals surface area (Å²) in [4.78, 5) is 70.3. The van der Waals surface area contributed by atoms with Gasteiger partial charge in [-0.15, -0.1) is 0 Å². The van der Waals surface area contributed by atoms with Gasteiger partial charge in [0, 0.05) is 54.6 Å². The number of hydrogen-bond donors (Lipinski definition) is 4. The summed E-state index contributed by atoms with van der Waals surface area (Å²) in [5.41, 5.74) is 14.6. The van der Waals surface area contributed by atoms with E-state index in [-0.39, 0.29) is 43.4 Å². The molecule has 1 fully saturated rings. The average Bonchev–Trinajstić information content (AvgIpc) is 3.52. The molecule has 3 heterocycles. The third kappa shape index (κ3) is 12.8. The normalized spacial score (nSPS) is 16.5. The molecule has 3 atom stereocenters. The van der Waals surface area contributed by atoms with Crippen LogP contribution in [0.25, 0.3) is 10.4 Å². The number of amides is 2. The fraction of sp³-hybridized carbons (Fsp3) is 0.575. The van der Waals surface area contributed by atoms with Gasteiger partial charge in [-0.25, -0.2) is 4.79 Å². The van der Waals surface area contributed by atoms with Crippen LogP contribution < -0.4 is 27.4 Å². The SMILES string of the molecule is CCc1c(C)[nH]c(=O)c(NC(=O)CCCCCCCCCNC(=O)CCOCC2OC(n3cc(C)c(=O)[nH]c3=O)CC2N=[N+]=[N-])c1Cc1cc(C)cc(C)c1. The number of H-pyrrole nitrogens is 2. The number of carbonyl (C=O) groups is 2. The number of anilines is 1. The Kier molecular flexibility index (Phi) is 16.5. The second-order valence-corrected chi connectivity index (χ2v) is 14.5. The van der Waals surface area contributed by atoms with Gasteiger partial charge in [0.25, 0.3) is 11.1 Å². The van der Waals surface area contributed by atoms with Gasteiger partial charge < -0.3 is 25.1 Å². The van der Waals surface area contributed by atoms with Crippen LogP contribution in [-0.4, -0.2) is 58.3 Å². The van der Waals surface area contributed by atoms with Crippen LogP contribution in [0.4, 0.5) is 5.69 Å². The van der Waals surface area contributed by atoms with Crippen LogP contribution in [0.3, 0.4) is 0 Å². The molecule has 1 aliphatic rings. The summed E-state index contributed by atoms with van der Waals surface area (Å²) in [6.45, 7) is 10.5. The number of rotatable bonds is 21. The molecule has 55 heavy (non-hydrogen) atoms. The van der Waals surface area contributed by atoms with Crippen LogP contribution in [0.1, 0.15) is 116 Å². The van der Waals surface area contributed by atoms with Crippen LogP contribution in [0.15, 0.2) is 43.9 Å². The number of unbranched alkanes of at least 4 members (excludes halogenated alkanes) is 6. The summed E-state index contributed by atoms with van der Waals surface area (Å²) in [6, 6.07) is 5.81. The zero-order chi connectivity index (χ0) is 39.9. The molecule has 1 saturated heterocycles.